The summed E-state index contributed by atoms with van der Waals surface area (Å²) in [6.07, 6.45) is 2.56. The van der Waals surface area contributed by atoms with Crippen molar-refractivity contribution in [2.75, 3.05) is 19.8 Å². The molecule has 2 rings (SSSR count). The predicted molar refractivity (Wildman–Crippen MR) is 81.1 cm³/mol. The fourth-order valence-corrected chi connectivity index (χ4v) is 2.39. The summed E-state index contributed by atoms with van der Waals surface area (Å²) in [7, 11) is 0. The Balaban J connectivity index is 1.86. The van der Waals surface area contributed by atoms with Crippen molar-refractivity contribution in [2.45, 2.75) is 38.3 Å². The van der Waals surface area contributed by atoms with E-state index in [1.807, 2.05) is 31.2 Å². The van der Waals surface area contributed by atoms with Crippen LogP contribution in [0.2, 0.25) is 0 Å². The minimum atomic E-state index is -0.0956. The van der Waals surface area contributed by atoms with Crippen molar-refractivity contribution in [3.8, 4) is 5.75 Å². The first-order valence-electron chi connectivity index (χ1n) is 7.55. The monoisotopic (exact) mass is 292 g/mol. The molecule has 0 bridgehead atoms. The van der Waals surface area contributed by atoms with E-state index in [1.54, 1.807) is 0 Å². The summed E-state index contributed by atoms with van der Waals surface area (Å²) in [6.45, 7) is 3.46. The molecule has 1 fully saturated rings. The Labute approximate surface area is 125 Å². The third-order valence-electron chi connectivity index (χ3n) is 3.70. The summed E-state index contributed by atoms with van der Waals surface area (Å²) < 4.78 is 10.9. The topological polar surface area (TPSA) is 73.6 Å². The summed E-state index contributed by atoms with van der Waals surface area (Å²) in [4.78, 5) is 11.9. The number of hydrogen-bond donors (Lipinski definition) is 2. The SMILES string of the molecule is CCC(N)c1ccccc1OCC(=O)NC1CCOCC1. The Kier molecular flexibility index (Phi) is 6.02. The predicted octanol–water partition coefficient (Wildman–Crippen LogP) is 1.77. The summed E-state index contributed by atoms with van der Waals surface area (Å²) in [6, 6.07) is 7.74. The molecule has 1 aromatic carbocycles. The molecule has 1 unspecified atom stereocenters. The van der Waals surface area contributed by atoms with Gasteiger partial charge in [-0.25, -0.2) is 0 Å². The quantitative estimate of drug-likeness (QED) is 0.838. The van der Waals surface area contributed by atoms with Gasteiger partial charge in [-0.2, -0.15) is 0 Å². The van der Waals surface area contributed by atoms with E-state index in [0.29, 0.717) is 19.0 Å². The molecule has 1 aromatic rings. The minimum Gasteiger partial charge on any atom is -0.483 e. The van der Waals surface area contributed by atoms with Gasteiger partial charge < -0.3 is 20.5 Å². The molecule has 0 radical (unpaired) electrons. The molecule has 1 heterocycles. The van der Waals surface area contributed by atoms with E-state index in [1.165, 1.54) is 0 Å². The van der Waals surface area contributed by atoms with Crippen molar-refractivity contribution in [1.29, 1.82) is 0 Å². The van der Waals surface area contributed by atoms with E-state index < -0.39 is 0 Å². The van der Waals surface area contributed by atoms with Crippen LogP contribution in [-0.2, 0) is 9.53 Å². The molecular weight excluding hydrogens is 268 g/mol. The van der Waals surface area contributed by atoms with E-state index in [9.17, 15) is 4.79 Å². The molecule has 0 spiro atoms. The number of nitrogens with two attached hydrogens (primary N) is 1. The van der Waals surface area contributed by atoms with E-state index in [-0.39, 0.29) is 24.6 Å². The first-order valence-corrected chi connectivity index (χ1v) is 7.55. The van der Waals surface area contributed by atoms with Crippen LogP contribution < -0.4 is 15.8 Å². The molecule has 1 atom stereocenters. The Morgan fingerprint density at radius 3 is 2.86 bits per heavy atom. The van der Waals surface area contributed by atoms with Gasteiger partial charge in [-0.1, -0.05) is 25.1 Å². The molecule has 1 amide bonds. The van der Waals surface area contributed by atoms with Crippen LogP contribution >= 0.6 is 0 Å². The molecule has 0 aromatic heterocycles. The molecular formula is C16H24N2O3. The maximum Gasteiger partial charge on any atom is 0.258 e. The largest absolute Gasteiger partial charge is 0.483 e. The summed E-state index contributed by atoms with van der Waals surface area (Å²) in [5.74, 6) is 0.593. The lowest BCUT2D eigenvalue weighted by Gasteiger charge is -2.23. The van der Waals surface area contributed by atoms with E-state index >= 15 is 0 Å². The second-order valence-electron chi connectivity index (χ2n) is 5.30. The third-order valence-corrected chi connectivity index (χ3v) is 3.70. The fourth-order valence-electron chi connectivity index (χ4n) is 2.39. The van der Waals surface area contributed by atoms with Crippen LogP contribution in [0.15, 0.2) is 24.3 Å². The number of amides is 1. The van der Waals surface area contributed by atoms with Crippen molar-refractivity contribution < 1.29 is 14.3 Å². The summed E-state index contributed by atoms with van der Waals surface area (Å²) in [5.41, 5.74) is 7.00. The zero-order valence-corrected chi connectivity index (χ0v) is 12.5. The van der Waals surface area contributed by atoms with Crippen LogP contribution in [0.25, 0.3) is 0 Å². The van der Waals surface area contributed by atoms with Crippen molar-refractivity contribution in [3.63, 3.8) is 0 Å². The van der Waals surface area contributed by atoms with Crippen molar-refractivity contribution >= 4 is 5.91 Å². The fraction of sp³-hybridized carbons (Fsp3) is 0.562. The first-order chi connectivity index (χ1) is 10.2. The molecule has 1 aliphatic rings. The van der Waals surface area contributed by atoms with E-state index in [2.05, 4.69) is 5.32 Å². The van der Waals surface area contributed by atoms with Crippen molar-refractivity contribution in [2.24, 2.45) is 5.73 Å². The van der Waals surface area contributed by atoms with Crippen LogP contribution in [-0.4, -0.2) is 31.8 Å². The molecule has 5 nitrogen and oxygen atoms in total. The Morgan fingerprint density at radius 2 is 2.14 bits per heavy atom. The maximum absolute atomic E-state index is 11.9. The number of hydrogen-bond acceptors (Lipinski definition) is 4. The number of rotatable bonds is 6. The molecule has 1 saturated heterocycles. The standard InChI is InChI=1S/C16H24N2O3/c1-2-14(17)13-5-3-4-6-15(13)21-11-16(19)18-12-7-9-20-10-8-12/h3-6,12,14H,2,7-11,17H2,1H3,(H,18,19). The molecule has 116 valence electrons. The van der Waals surface area contributed by atoms with Gasteiger partial charge in [-0.3, -0.25) is 4.79 Å². The number of ether oxygens (including phenoxy) is 2. The number of carbonyl (C=O) groups excluding carboxylic acids is 1. The Bertz CT molecular complexity index is 459. The highest BCUT2D eigenvalue weighted by atomic mass is 16.5. The normalized spacial score (nSPS) is 17.2. The van der Waals surface area contributed by atoms with Gasteiger partial charge in [-0.05, 0) is 25.3 Å². The van der Waals surface area contributed by atoms with Crippen LogP contribution in [0.5, 0.6) is 5.75 Å². The van der Waals surface area contributed by atoms with Crippen LogP contribution in [0.4, 0.5) is 0 Å². The first kappa shape index (κ1) is 15.8. The Morgan fingerprint density at radius 1 is 1.43 bits per heavy atom. The summed E-state index contributed by atoms with van der Waals surface area (Å²) in [5, 5.41) is 2.98. The highest BCUT2D eigenvalue weighted by molar-refractivity contribution is 5.77. The van der Waals surface area contributed by atoms with Gasteiger partial charge in [0.2, 0.25) is 0 Å². The van der Waals surface area contributed by atoms with Gasteiger partial charge in [0, 0.05) is 30.9 Å². The molecule has 5 heteroatoms. The minimum absolute atomic E-state index is 0.0187. The second-order valence-corrected chi connectivity index (χ2v) is 5.30. The van der Waals surface area contributed by atoms with Crippen LogP contribution in [0.3, 0.4) is 0 Å². The van der Waals surface area contributed by atoms with E-state index in [4.69, 9.17) is 15.2 Å². The number of carbonyl (C=O) groups is 1. The van der Waals surface area contributed by atoms with Crippen molar-refractivity contribution in [3.05, 3.63) is 29.8 Å². The maximum atomic E-state index is 11.9. The molecule has 0 aliphatic carbocycles. The zero-order chi connectivity index (χ0) is 15.1. The van der Waals surface area contributed by atoms with Gasteiger partial charge in [0.1, 0.15) is 5.75 Å². The Hall–Kier alpha value is -1.59. The smallest absolute Gasteiger partial charge is 0.258 e. The molecule has 3 N–H and O–H groups in total. The van der Waals surface area contributed by atoms with Crippen LogP contribution in [0.1, 0.15) is 37.8 Å². The van der Waals surface area contributed by atoms with E-state index in [0.717, 1.165) is 24.8 Å². The number of benzene rings is 1. The van der Waals surface area contributed by atoms with Gasteiger partial charge in [-0.15, -0.1) is 0 Å². The number of nitrogens with one attached hydrogen (secondary N) is 1. The lowest BCUT2D eigenvalue weighted by Crippen LogP contribution is -2.41. The highest BCUT2D eigenvalue weighted by Gasteiger charge is 2.17. The molecule has 1 aliphatic heterocycles. The lowest BCUT2D eigenvalue weighted by molar-refractivity contribution is -0.124. The lowest BCUT2D eigenvalue weighted by atomic mass is 10.0. The van der Waals surface area contributed by atoms with Gasteiger partial charge >= 0.3 is 0 Å². The van der Waals surface area contributed by atoms with Gasteiger partial charge in [0.25, 0.3) is 5.91 Å². The summed E-state index contributed by atoms with van der Waals surface area (Å²) >= 11 is 0. The highest BCUT2D eigenvalue weighted by Crippen LogP contribution is 2.25. The van der Waals surface area contributed by atoms with Gasteiger partial charge in [0.15, 0.2) is 6.61 Å². The second kappa shape index (κ2) is 8.00. The average Bonchev–Trinajstić information content (AvgIpc) is 2.53. The number of para-hydroxylation sites is 1. The average molecular weight is 292 g/mol. The third kappa shape index (κ3) is 4.72. The van der Waals surface area contributed by atoms with Crippen molar-refractivity contribution in [1.82, 2.24) is 5.32 Å². The molecule has 0 saturated carbocycles. The molecule has 21 heavy (non-hydrogen) atoms. The van der Waals surface area contributed by atoms with Gasteiger partial charge in [0.05, 0.1) is 0 Å². The van der Waals surface area contributed by atoms with Crippen LogP contribution in [0, 0.1) is 0 Å². The zero-order valence-electron chi connectivity index (χ0n) is 12.5.